The summed E-state index contributed by atoms with van der Waals surface area (Å²) in [6.07, 6.45) is 0. The smallest absolute Gasteiger partial charge is 0.260 e. The molecule has 2 heterocycles. The highest BCUT2D eigenvalue weighted by atomic mass is 16.2. The molecule has 1 aliphatic heterocycles. The largest absolute Gasteiger partial charge is 0.324 e. The van der Waals surface area contributed by atoms with Crippen LogP contribution in [-0.4, -0.2) is 24.5 Å². The van der Waals surface area contributed by atoms with E-state index >= 15 is 0 Å². The number of para-hydroxylation sites is 1. The first-order valence-corrected chi connectivity index (χ1v) is 6.75. The van der Waals surface area contributed by atoms with E-state index in [9.17, 15) is 4.79 Å². The van der Waals surface area contributed by atoms with E-state index in [0.29, 0.717) is 5.56 Å². The average Bonchev–Trinajstić information content (AvgIpc) is 2.55. The van der Waals surface area contributed by atoms with E-state index < -0.39 is 0 Å². The lowest BCUT2D eigenvalue weighted by atomic mass is 10.1. The van der Waals surface area contributed by atoms with Crippen LogP contribution < -0.4 is 9.80 Å². The zero-order valence-electron chi connectivity index (χ0n) is 11.9. The first-order valence-electron chi connectivity index (χ1n) is 6.75. The molecule has 4 nitrogen and oxygen atoms in total. The van der Waals surface area contributed by atoms with Crippen LogP contribution in [0.1, 0.15) is 23.0 Å². The SMILES string of the molecule is CCN1c2ccccc2C(=O)N(C)c2ccc(C)nc21. The van der Waals surface area contributed by atoms with Gasteiger partial charge in [-0.15, -0.1) is 0 Å². The van der Waals surface area contributed by atoms with E-state index in [4.69, 9.17) is 0 Å². The lowest BCUT2D eigenvalue weighted by Crippen LogP contribution is -2.25. The van der Waals surface area contributed by atoms with E-state index in [1.165, 1.54) is 0 Å². The van der Waals surface area contributed by atoms with Crippen molar-refractivity contribution in [3.63, 3.8) is 0 Å². The van der Waals surface area contributed by atoms with Crippen LogP contribution in [0.3, 0.4) is 0 Å². The fourth-order valence-corrected chi connectivity index (χ4v) is 2.61. The van der Waals surface area contributed by atoms with Gasteiger partial charge < -0.3 is 9.80 Å². The molecular weight excluding hydrogens is 250 g/mol. The quantitative estimate of drug-likeness (QED) is 0.796. The highest BCUT2D eigenvalue weighted by Gasteiger charge is 2.28. The molecule has 1 aromatic carbocycles. The summed E-state index contributed by atoms with van der Waals surface area (Å²) in [7, 11) is 1.80. The van der Waals surface area contributed by atoms with Crippen LogP contribution in [0.25, 0.3) is 0 Å². The van der Waals surface area contributed by atoms with Gasteiger partial charge in [-0.1, -0.05) is 12.1 Å². The van der Waals surface area contributed by atoms with Gasteiger partial charge in [0.25, 0.3) is 5.91 Å². The molecule has 20 heavy (non-hydrogen) atoms. The molecule has 0 atom stereocenters. The molecule has 0 radical (unpaired) electrons. The number of hydrogen-bond donors (Lipinski definition) is 0. The Morgan fingerprint density at radius 1 is 1.10 bits per heavy atom. The molecule has 0 spiro atoms. The van der Waals surface area contributed by atoms with Gasteiger partial charge in [0.1, 0.15) is 0 Å². The van der Waals surface area contributed by atoms with E-state index in [2.05, 4.69) is 16.8 Å². The lowest BCUT2D eigenvalue weighted by Gasteiger charge is -2.24. The summed E-state index contributed by atoms with van der Waals surface area (Å²) < 4.78 is 0. The number of anilines is 3. The first kappa shape index (κ1) is 12.7. The summed E-state index contributed by atoms with van der Waals surface area (Å²) in [5.41, 5.74) is 3.43. The molecular formula is C16H17N3O. The Bertz CT molecular complexity index is 681. The van der Waals surface area contributed by atoms with Crippen molar-refractivity contribution in [2.75, 3.05) is 23.4 Å². The number of carbonyl (C=O) groups is 1. The van der Waals surface area contributed by atoms with Gasteiger partial charge in [0.05, 0.1) is 16.9 Å². The standard InChI is InChI=1S/C16H17N3O/c1-4-19-13-8-6-5-7-12(13)16(20)18(3)14-10-9-11(2)17-15(14)19/h5-10H,4H2,1-3H3. The Morgan fingerprint density at radius 3 is 2.60 bits per heavy atom. The number of amides is 1. The molecule has 4 heteroatoms. The van der Waals surface area contributed by atoms with E-state index in [-0.39, 0.29) is 5.91 Å². The lowest BCUT2D eigenvalue weighted by molar-refractivity contribution is 0.0994. The zero-order valence-corrected chi connectivity index (χ0v) is 11.9. The second kappa shape index (κ2) is 4.63. The van der Waals surface area contributed by atoms with Gasteiger partial charge in [-0.25, -0.2) is 4.98 Å². The summed E-state index contributed by atoms with van der Waals surface area (Å²) >= 11 is 0. The normalized spacial score (nSPS) is 13.8. The van der Waals surface area contributed by atoms with Crippen LogP contribution in [0.2, 0.25) is 0 Å². The highest BCUT2D eigenvalue weighted by molar-refractivity contribution is 6.13. The molecule has 1 aromatic heterocycles. The minimum absolute atomic E-state index is 0.00320. The Morgan fingerprint density at radius 2 is 1.85 bits per heavy atom. The maximum absolute atomic E-state index is 12.6. The van der Waals surface area contributed by atoms with Gasteiger partial charge in [0, 0.05) is 19.3 Å². The fraction of sp³-hybridized carbons (Fsp3) is 0.250. The third-order valence-electron chi connectivity index (χ3n) is 3.66. The second-order valence-corrected chi connectivity index (χ2v) is 4.92. The van der Waals surface area contributed by atoms with Gasteiger partial charge in [-0.2, -0.15) is 0 Å². The molecule has 1 amide bonds. The number of fused-ring (bicyclic) bond motifs is 2. The van der Waals surface area contributed by atoms with Crippen LogP contribution in [0.5, 0.6) is 0 Å². The molecule has 102 valence electrons. The third kappa shape index (κ3) is 1.76. The van der Waals surface area contributed by atoms with Crippen molar-refractivity contribution >= 4 is 23.1 Å². The van der Waals surface area contributed by atoms with Gasteiger partial charge in [-0.3, -0.25) is 4.79 Å². The van der Waals surface area contributed by atoms with E-state index in [0.717, 1.165) is 29.4 Å². The minimum Gasteiger partial charge on any atom is -0.324 e. The topological polar surface area (TPSA) is 36.4 Å². The molecule has 2 aromatic rings. The zero-order chi connectivity index (χ0) is 14.3. The van der Waals surface area contributed by atoms with Gasteiger partial charge in [0.2, 0.25) is 0 Å². The Labute approximate surface area is 118 Å². The van der Waals surface area contributed by atoms with Gasteiger partial charge in [-0.05, 0) is 38.1 Å². The van der Waals surface area contributed by atoms with E-state index in [1.54, 1.807) is 11.9 Å². The van der Waals surface area contributed by atoms with E-state index in [1.807, 2.05) is 43.3 Å². The predicted octanol–water partition coefficient (Wildman–Crippen LogP) is 3.14. The number of rotatable bonds is 1. The maximum atomic E-state index is 12.6. The molecule has 0 saturated heterocycles. The van der Waals surface area contributed by atoms with Crippen LogP contribution >= 0.6 is 0 Å². The molecule has 1 aliphatic rings. The summed E-state index contributed by atoms with van der Waals surface area (Å²) in [5, 5.41) is 0. The third-order valence-corrected chi connectivity index (χ3v) is 3.66. The van der Waals surface area contributed by atoms with Crippen molar-refractivity contribution in [1.82, 2.24) is 4.98 Å². The average molecular weight is 267 g/mol. The minimum atomic E-state index is 0.00320. The molecule has 0 saturated carbocycles. The van der Waals surface area contributed by atoms with Crippen LogP contribution in [0.15, 0.2) is 36.4 Å². The monoisotopic (exact) mass is 267 g/mol. The molecule has 0 bridgehead atoms. The van der Waals surface area contributed by atoms with Crippen LogP contribution in [0, 0.1) is 6.92 Å². The van der Waals surface area contributed by atoms with Crippen molar-refractivity contribution in [2.24, 2.45) is 0 Å². The number of pyridine rings is 1. The molecule has 0 aliphatic carbocycles. The number of nitrogens with zero attached hydrogens (tertiary/aromatic N) is 3. The van der Waals surface area contributed by atoms with Gasteiger partial charge in [0.15, 0.2) is 5.82 Å². The maximum Gasteiger partial charge on any atom is 0.260 e. The highest BCUT2D eigenvalue weighted by Crippen LogP contribution is 2.38. The first-order chi connectivity index (χ1) is 9.63. The van der Waals surface area contributed by atoms with Crippen molar-refractivity contribution in [1.29, 1.82) is 0 Å². The summed E-state index contributed by atoms with van der Waals surface area (Å²) in [6, 6.07) is 11.6. The predicted molar refractivity (Wildman–Crippen MR) is 80.8 cm³/mol. The number of benzene rings is 1. The Hall–Kier alpha value is -2.36. The molecule has 0 N–H and O–H groups in total. The van der Waals surface area contributed by atoms with Crippen LogP contribution in [-0.2, 0) is 0 Å². The van der Waals surface area contributed by atoms with Crippen molar-refractivity contribution < 1.29 is 4.79 Å². The summed E-state index contributed by atoms with van der Waals surface area (Å²) in [5.74, 6) is 0.844. The Kier molecular flexibility index (Phi) is 2.93. The van der Waals surface area contributed by atoms with Crippen molar-refractivity contribution in [3.05, 3.63) is 47.7 Å². The number of aryl methyl sites for hydroxylation is 1. The van der Waals surface area contributed by atoms with Crippen molar-refractivity contribution in [2.45, 2.75) is 13.8 Å². The number of hydrogen-bond acceptors (Lipinski definition) is 3. The van der Waals surface area contributed by atoms with Crippen LogP contribution in [0.4, 0.5) is 17.2 Å². The summed E-state index contributed by atoms with van der Waals surface area (Å²) in [4.78, 5) is 21.0. The second-order valence-electron chi connectivity index (χ2n) is 4.92. The number of carbonyl (C=O) groups excluding carboxylic acids is 1. The Balaban J connectivity index is 2.32. The number of aromatic nitrogens is 1. The fourth-order valence-electron chi connectivity index (χ4n) is 2.61. The molecule has 3 rings (SSSR count). The summed E-state index contributed by atoms with van der Waals surface area (Å²) in [6.45, 7) is 4.80. The molecule has 0 unspecified atom stereocenters. The van der Waals surface area contributed by atoms with Crippen molar-refractivity contribution in [3.8, 4) is 0 Å². The van der Waals surface area contributed by atoms with Gasteiger partial charge >= 0.3 is 0 Å². The molecule has 0 fully saturated rings.